The molecule has 0 aliphatic carbocycles. The van der Waals surface area contributed by atoms with Gasteiger partial charge >= 0.3 is 0 Å². The minimum Gasteiger partial charge on any atom is -0.386 e. The largest absolute Gasteiger partial charge is 0.386 e. The van der Waals surface area contributed by atoms with E-state index in [0.29, 0.717) is 12.6 Å². The highest BCUT2D eigenvalue weighted by molar-refractivity contribution is 4.71. The van der Waals surface area contributed by atoms with Crippen LogP contribution in [0.2, 0.25) is 0 Å². The quantitative estimate of drug-likeness (QED) is 0.699. The van der Waals surface area contributed by atoms with E-state index in [1.165, 1.54) is 0 Å². The molecule has 0 spiro atoms. The first-order chi connectivity index (χ1) is 5.88. The highest BCUT2D eigenvalue weighted by Gasteiger charge is 2.17. The smallest absolute Gasteiger partial charge is 0.244 e. The second kappa shape index (κ2) is 3.50. The van der Waals surface area contributed by atoms with E-state index < -0.39 is 5.60 Å². The Hall–Kier alpha value is -0.830. The zero-order chi connectivity index (χ0) is 10.1. The Labute approximate surface area is 79.6 Å². The summed E-state index contributed by atoms with van der Waals surface area (Å²) in [6, 6.07) is 0.475. The van der Waals surface area contributed by atoms with E-state index in [1.54, 1.807) is 0 Å². The lowest BCUT2D eigenvalue weighted by molar-refractivity contribution is -0.708. The molecule has 0 radical (unpaired) electrons. The number of rotatable bonds is 3. The van der Waals surface area contributed by atoms with Gasteiger partial charge in [0.15, 0.2) is 0 Å². The van der Waals surface area contributed by atoms with Crippen LogP contribution in [0.5, 0.6) is 0 Å². The van der Waals surface area contributed by atoms with Gasteiger partial charge in [0.2, 0.25) is 6.33 Å². The molecule has 0 amide bonds. The molecule has 0 unspecified atom stereocenters. The van der Waals surface area contributed by atoms with Crippen molar-refractivity contribution < 1.29 is 9.67 Å². The van der Waals surface area contributed by atoms with Crippen molar-refractivity contribution in [2.45, 2.75) is 45.9 Å². The van der Waals surface area contributed by atoms with Crippen molar-refractivity contribution in [3.63, 3.8) is 0 Å². The summed E-state index contributed by atoms with van der Waals surface area (Å²) in [5.41, 5.74) is -0.645. The third kappa shape index (κ3) is 3.19. The molecule has 13 heavy (non-hydrogen) atoms. The van der Waals surface area contributed by atoms with Crippen molar-refractivity contribution in [3.05, 3.63) is 18.7 Å². The number of aromatic nitrogens is 2. The zero-order valence-electron chi connectivity index (χ0n) is 8.86. The third-order valence-corrected chi connectivity index (χ3v) is 1.88. The van der Waals surface area contributed by atoms with Crippen LogP contribution in [-0.2, 0) is 6.54 Å². The normalized spacial score (nSPS) is 12.5. The van der Waals surface area contributed by atoms with Gasteiger partial charge in [-0.15, -0.1) is 0 Å². The van der Waals surface area contributed by atoms with Crippen LogP contribution in [0, 0.1) is 0 Å². The predicted molar refractivity (Wildman–Crippen MR) is 51.3 cm³/mol. The monoisotopic (exact) mass is 183 g/mol. The van der Waals surface area contributed by atoms with Gasteiger partial charge in [-0.05, 0) is 27.7 Å². The van der Waals surface area contributed by atoms with Gasteiger partial charge in [-0.1, -0.05) is 0 Å². The SMILES string of the molecule is CC(C)n1cc[n+](CC(C)(C)O)c1. The molecule has 0 saturated carbocycles. The lowest BCUT2D eigenvalue weighted by atomic mass is 10.1. The molecular formula is C10H19N2O+. The van der Waals surface area contributed by atoms with E-state index in [0.717, 1.165) is 0 Å². The Morgan fingerprint density at radius 3 is 2.46 bits per heavy atom. The molecule has 0 fully saturated rings. The maximum atomic E-state index is 9.59. The Balaban J connectivity index is 2.70. The average molecular weight is 183 g/mol. The summed E-state index contributed by atoms with van der Waals surface area (Å²) in [7, 11) is 0. The summed E-state index contributed by atoms with van der Waals surface area (Å²) >= 11 is 0. The van der Waals surface area contributed by atoms with E-state index in [2.05, 4.69) is 18.4 Å². The summed E-state index contributed by atoms with van der Waals surface area (Å²) in [5.74, 6) is 0. The summed E-state index contributed by atoms with van der Waals surface area (Å²) in [6.45, 7) is 8.52. The van der Waals surface area contributed by atoms with Crippen molar-refractivity contribution in [2.24, 2.45) is 0 Å². The van der Waals surface area contributed by atoms with Crippen molar-refractivity contribution >= 4 is 0 Å². The number of aliphatic hydroxyl groups is 1. The summed E-state index contributed by atoms with van der Waals surface area (Å²) in [6.07, 6.45) is 6.02. The molecule has 1 heterocycles. The topological polar surface area (TPSA) is 29.0 Å². The van der Waals surface area contributed by atoms with Crippen LogP contribution in [-0.4, -0.2) is 15.3 Å². The number of hydrogen-bond donors (Lipinski definition) is 1. The highest BCUT2D eigenvalue weighted by Crippen LogP contribution is 2.03. The fourth-order valence-electron chi connectivity index (χ4n) is 1.26. The minimum atomic E-state index is -0.645. The molecule has 0 aromatic carbocycles. The van der Waals surface area contributed by atoms with Crippen LogP contribution in [0.15, 0.2) is 18.7 Å². The molecular weight excluding hydrogens is 164 g/mol. The van der Waals surface area contributed by atoms with Crippen LogP contribution >= 0.6 is 0 Å². The van der Waals surface area contributed by atoms with Gasteiger partial charge < -0.3 is 5.11 Å². The molecule has 1 rings (SSSR count). The molecule has 0 atom stereocenters. The van der Waals surface area contributed by atoms with Crippen LogP contribution in [0.25, 0.3) is 0 Å². The molecule has 1 aromatic heterocycles. The van der Waals surface area contributed by atoms with Crippen molar-refractivity contribution in [3.8, 4) is 0 Å². The summed E-state index contributed by atoms with van der Waals surface area (Å²) < 4.78 is 4.12. The molecule has 0 aliphatic rings. The molecule has 3 heteroatoms. The van der Waals surface area contributed by atoms with E-state index in [4.69, 9.17) is 0 Å². The molecule has 1 aromatic rings. The van der Waals surface area contributed by atoms with Crippen LogP contribution < -0.4 is 4.57 Å². The maximum Gasteiger partial charge on any atom is 0.244 e. The fraction of sp³-hybridized carbons (Fsp3) is 0.700. The molecule has 0 aliphatic heterocycles. The minimum absolute atomic E-state index is 0.475. The molecule has 3 nitrogen and oxygen atoms in total. The van der Waals surface area contributed by atoms with Crippen LogP contribution in [0.3, 0.4) is 0 Å². The Bertz CT molecular complexity index is 271. The molecule has 0 saturated heterocycles. The zero-order valence-corrected chi connectivity index (χ0v) is 8.86. The van der Waals surface area contributed by atoms with Gasteiger partial charge in [0.05, 0.1) is 11.6 Å². The van der Waals surface area contributed by atoms with Gasteiger partial charge in [0, 0.05) is 0 Å². The molecule has 74 valence electrons. The Morgan fingerprint density at radius 2 is 2.08 bits per heavy atom. The lowest BCUT2D eigenvalue weighted by Gasteiger charge is -2.13. The summed E-state index contributed by atoms with van der Waals surface area (Å²) in [4.78, 5) is 0. The summed E-state index contributed by atoms with van der Waals surface area (Å²) in [5, 5.41) is 9.59. The van der Waals surface area contributed by atoms with Gasteiger partial charge in [0.1, 0.15) is 18.9 Å². The first-order valence-corrected chi connectivity index (χ1v) is 4.67. The number of nitrogens with zero attached hydrogens (tertiary/aromatic N) is 2. The van der Waals surface area contributed by atoms with Crippen LogP contribution in [0.4, 0.5) is 0 Å². The maximum absolute atomic E-state index is 9.59. The molecule has 0 bridgehead atoms. The number of imidazole rings is 1. The van der Waals surface area contributed by atoms with E-state index in [-0.39, 0.29) is 0 Å². The second-order valence-electron chi connectivity index (χ2n) is 4.44. The van der Waals surface area contributed by atoms with Gasteiger partial charge in [-0.2, -0.15) is 0 Å². The van der Waals surface area contributed by atoms with E-state index >= 15 is 0 Å². The highest BCUT2D eigenvalue weighted by atomic mass is 16.3. The Kier molecular flexibility index (Phi) is 2.76. The predicted octanol–water partition coefficient (Wildman–Crippen LogP) is 1.13. The lowest BCUT2D eigenvalue weighted by Crippen LogP contribution is -2.43. The van der Waals surface area contributed by atoms with Crippen molar-refractivity contribution in [2.75, 3.05) is 0 Å². The Morgan fingerprint density at radius 1 is 1.46 bits per heavy atom. The second-order valence-corrected chi connectivity index (χ2v) is 4.44. The van der Waals surface area contributed by atoms with Crippen molar-refractivity contribution in [1.29, 1.82) is 0 Å². The van der Waals surface area contributed by atoms with Crippen LogP contribution in [0.1, 0.15) is 33.7 Å². The van der Waals surface area contributed by atoms with Gasteiger partial charge in [-0.3, -0.25) is 0 Å². The first-order valence-electron chi connectivity index (χ1n) is 4.67. The third-order valence-electron chi connectivity index (χ3n) is 1.88. The van der Waals surface area contributed by atoms with Gasteiger partial charge in [-0.25, -0.2) is 9.13 Å². The van der Waals surface area contributed by atoms with E-state index in [9.17, 15) is 5.11 Å². The van der Waals surface area contributed by atoms with Gasteiger partial charge in [0.25, 0.3) is 0 Å². The van der Waals surface area contributed by atoms with Crippen molar-refractivity contribution in [1.82, 2.24) is 4.57 Å². The number of hydrogen-bond acceptors (Lipinski definition) is 1. The molecule has 1 N–H and O–H groups in total. The van der Waals surface area contributed by atoms with E-state index in [1.807, 2.05) is 37.1 Å². The fourth-order valence-corrected chi connectivity index (χ4v) is 1.26. The standard InChI is InChI=1S/C10H19N2O/c1-9(2)12-6-5-11(8-12)7-10(3,4)13/h5-6,8-9,13H,7H2,1-4H3/q+1. The first kappa shape index (κ1) is 10.3. The average Bonchev–Trinajstić information content (AvgIpc) is 2.31.